The molecule has 3 aromatic rings. The molecule has 5 heteroatoms. The SMILES string of the molecule is CCCc1ccc(C(=O)NCCCNc2nsc3ccccc23)cc1. The first kappa shape index (κ1) is 17.4. The molecule has 0 atom stereocenters. The van der Waals surface area contributed by atoms with Gasteiger partial charge in [0.1, 0.15) is 5.82 Å². The second-order valence-electron chi connectivity index (χ2n) is 6.01. The predicted octanol–water partition coefficient (Wildman–Crippen LogP) is 4.48. The van der Waals surface area contributed by atoms with Gasteiger partial charge in [-0.05, 0) is 54.2 Å². The van der Waals surface area contributed by atoms with E-state index in [9.17, 15) is 4.79 Å². The highest BCUT2D eigenvalue weighted by molar-refractivity contribution is 7.13. The Morgan fingerprint density at radius 3 is 2.68 bits per heavy atom. The number of benzene rings is 2. The second-order valence-corrected chi connectivity index (χ2v) is 6.82. The van der Waals surface area contributed by atoms with Gasteiger partial charge in [-0.2, -0.15) is 4.37 Å². The maximum Gasteiger partial charge on any atom is 0.251 e. The van der Waals surface area contributed by atoms with Crippen LogP contribution in [0.1, 0.15) is 35.7 Å². The van der Waals surface area contributed by atoms with Crippen LogP contribution in [-0.4, -0.2) is 23.4 Å². The van der Waals surface area contributed by atoms with Gasteiger partial charge < -0.3 is 10.6 Å². The van der Waals surface area contributed by atoms with Crippen molar-refractivity contribution in [3.8, 4) is 0 Å². The van der Waals surface area contributed by atoms with Crippen LogP contribution in [0.4, 0.5) is 5.82 Å². The van der Waals surface area contributed by atoms with Gasteiger partial charge in [0, 0.05) is 24.0 Å². The summed E-state index contributed by atoms with van der Waals surface area (Å²) in [6.45, 7) is 3.58. The average molecular weight is 353 g/mol. The van der Waals surface area contributed by atoms with Crippen molar-refractivity contribution in [1.29, 1.82) is 0 Å². The number of nitrogens with one attached hydrogen (secondary N) is 2. The molecule has 2 N–H and O–H groups in total. The van der Waals surface area contributed by atoms with Crippen molar-refractivity contribution in [1.82, 2.24) is 9.69 Å². The summed E-state index contributed by atoms with van der Waals surface area (Å²) in [5.74, 6) is 0.917. The lowest BCUT2D eigenvalue weighted by Crippen LogP contribution is -2.25. The van der Waals surface area contributed by atoms with Crippen LogP contribution in [0.25, 0.3) is 10.1 Å². The van der Waals surface area contributed by atoms with Gasteiger partial charge in [0.2, 0.25) is 0 Å². The summed E-state index contributed by atoms with van der Waals surface area (Å²) in [5, 5.41) is 7.48. The molecule has 1 heterocycles. The zero-order valence-electron chi connectivity index (χ0n) is 14.4. The molecule has 0 aliphatic rings. The predicted molar refractivity (Wildman–Crippen MR) is 105 cm³/mol. The van der Waals surface area contributed by atoms with E-state index in [0.717, 1.165) is 42.6 Å². The van der Waals surface area contributed by atoms with Gasteiger partial charge in [0.05, 0.1) is 4.70 Å². The number of fused-ring (bicyclic) bond motifs is 1. The van der Waals surface area contributed by atoms with Crippen LogP contribution in [-0.2, 0) is 6.42 Å². The number of carbonyl (C=O) groups is 1. The Hall–Kier alpha value is -2.40. The van der Waals surface area contributed by atoms with Crippen LogP contribution >= 0.6 is 11.5 Å². The Bertz CT molecular complexity index is 826. The van der Waals surface area contributed by atoms with Crippen LogP contribution < -0.4 is 10.6 Å². The van der Waals surface area contributed by atoms with Crippen molar-refractivity contribution in [2.75, 3.05) is 18.4 Å². The maximum atomic E-state index is 12.1. The zero-order valence-corrected chi connectivity index (χ0v) is 15.2. The fraction of sp³-hybridized carbons (Fsp3) is 0.300. The molecule has 0 aliphatic heterocycles. The molecule has 0 radical (unpaired) electrons. The largest absolute Gasteiger partial charge is 0.369 e. The number of rotatable bonds is 8. The number of anilines is 1. The quantitative estimate of drug-likeness (QED) is 0.587. The number of hydrogen-bond acceptors (Lipinski definition) is 4. The van der Waals surface area contributed by atoms with Crippen molar-refractivity contribution in [3.05, 3.63) is 59.7 Å². The molecule has 0 aliphatic carbocycles. The standard InChI is InChI=1S/C20H23N3OS/c1-2-6-15-9-11-16(12-10-15)20(24)22-14-5-13-21-19-17-7-3-4-8-18(17)25-23-19/h3-4,7-12H,2,5-6,13-14H2,1H3,(H,21,23)(H,22,24). The van der Waals surface area contributed by atoms with Crippen LogP contribution in [0, 0.1) is 0 Å². The van der Waals surface area contributed by atoms with Gasteiger partial charge in [-0.25, -0.2) is 0 Å². The Morgan fingerprint density at radius 2 is 1.88 bits per heavy atom. The smallest absolute Gasteiger partial charge is 0.251 e. The summed E-state index contributed by atoms with van der Waals surface area (Å²) in [7, 11) is 0. The lowest BCUT2D eigenvalue weighted by Gasteiger charge is -2.07. The summed E-state index contributed by atoms with van der Waals surface area (Å²) < 4.78 is 5.63. The van der Waals surface area contributed by atoms with E-state index in [1.807, 2.05) is 36.4 Å². The number of hydrogen-bond donors (Lipinski definition) is 2. The van der Waals surface area contributed by atoms with Crippen molar-refractivity contribution in [3.63, 3.8) is 0 Å². The molecule has 2 aromatic carbocycles. The molecule has 0 saturated carbocycles. The summed E-state index contributed by atoms with van der Waals surface area (Å²) in [6.07, 6.45) is 3.02. The van der Waals surface area contributed by atoms with Crippen molar-refractivity contribution >= 4 is 33.3 Å². The van der Waals surface area contributed by atoms with Gasteiger partial charge in [-0.15, -0.1) is 0 Å². The van der Waals surface area contributed by atoms with Gasteiger partial charge in [-0.1, -0.05) is 37.6 Å². The Balaban J connectivity index is 1.41. The van der Waals surface area contributed by atoms with Crippen LogP contribution in [0.3, 0.4) is 0 Å². The number of nitrogens with zero attached hydrogens (tertiary/aromatic N) is 1. The third-order valence-corrected chi connectivity index (χ3v) is 4.89. The van der Waals surface area contributed by atoms with Crippen LogP contribution in [0.15, 0.2) is 48.5 Å². The molecular formula is C20H23N3OS. The number of aromatic nitrogens is 1. The summed E-state index contributed by atoms with van der Waals surface area (Å²) >= 11 is 1.50. The number of aryl methyl sites for hydroxylation is 1. The molecule has 130 valence electrons. The monoisotopic (exact) mass is 353 g/mol. The van der Waals surface area contributed by atoms with E-state index in [0.29, 0.717) is 6.54 Å². The van der Waals surface area contributed by atoms with E-state index >= 15 is 0 Å². The Kier molecular flexibility index (Phi) is 6.01. The molecule has 1 aromatic heterocycles. The molecular weight excluding hydrogens is 330 g/mol. The van der Waals surface area contributed by atoms with E-state index in [1.165, 1.54) is 21.8 Å². The van der Waals surface area contributed by atoms with E-state index < -0.39 is 0 Å². The minimum Gasteiger partial charge on any atom is -0.369 e. The first-order valence-electron chi connectivity index (χ1n) is 8.73. The lowest BCUT2D eigenvalue weighted by atomic mass is 10.1. The number of amides is 1. The topological polar surface area (TPSA) is 54.0 Å². The van der Waals surface area contributed by atoms with Gasteiger partial charge in [0.25, 0.3) is 5.91 Å². The lowest BCUT2D eigenvalue weighted by molar-refractivity contribution is 0.0953. The van der Waals surface area contributed by atoms with E-state index in [4.69, 9.17) is 0 Å². The van der Waals surface area contributed by atoms with Crippen molar-refractivity contribution in [2.45, 2.75) is 26.2 Å². The molecule has 0 saturated heterocycles. The van der Waals surface area contributed by atoms with E-state index in [1.54, 1.807) is 0 Å². The van der Waals surface area contributed by atoms with Gasteiger partial charge in [-0.3, -0.25) is 4.79 Å². The molecule has 0 unspecified atom stereocenters. The highest BCUT2D eigenvalue weighted by atomic mass is 32.1. The first-order valence-corrected chi connectivity index (χ1v) is 9.50. The molecule has 0 fully saturated rings. The highest BCUT2D eigenvalue weighted by Gasteiger charge is 2.06. The Labute approximate surface area is 152 Å². The maximum absolute atomic E-state index is 12.1. The average Bonchev–Trinajstić information content (AvgIpc) is 3.05. The molecule has 0 bridgehead atoms. The fourth-order valence-corrected chi connectivity index (χ4v) is 3.48. The van der Waals surface area contributed by atoms with Crippen molar-refractivity contribution < 1.29 is 4.79 Å². The zero-order chi connectivity index (χ0) is 17.5. The normalized spacial score (nSPS) is 10.8. The molecule has 1 amide bonds. The Morgan fingerprint density at radius 1 is 1.08 bits per heavy atom. The van der Waals surface area contributed by atoms with Gasteiger partial charge in [0.15, 0.2) is 0 Å². The van der Waals surface area contributed by atoms with Crippen LogP contribution in [0.2, 0.25) is 0 Å². The molecule has 0 spiro atoms. The van der Waals surface area contributed by atoms with E-state index in [2.05, 4.69) is 34.1 Å². The number of carbonyl (C=O) groups excluding carboxylic acids is 1. The van der Waals surface area contributed by atoms with E-state index in [-0.39, 0.29) is 5.91 Å². The first-order chi connectivity index (χ1) is 12.3. The molecule has 4 nitrogen and oxygen atoms in total. The third kappa shape index (κ3) is 4.57. The molecule has 3 rings (SSSR count). The van der Waals surface area contributed by atoms with Crippen LogP contribution in [0.5, 0.6) is 0 Å². The molecule has 25 heavy (non-hydrogen) atoms. The fourth-order valence-electron chi connectivity index (χ4n) is 2.72. The third-order valence-electron chi connectivity index (χ3n) is 4.06. The summed E-state index contributed by atoms with van der Waals surface area (Å²) in [5.41, 5.74) is 2.00. The summed E-state index contributed by atoms with van der Waals surface area (Å²) in [4.78, 5) is 12.1. The minimum absolute atomic E-state index is 0.0119. The minimum atomic E-state index is -0.0119. The van der Waals surface area contributed by atoms with Crippen molar-refractivity contribution in [2.24, 2.45) is 0 Å². The second kappa shape index (κ2) is 8.62. The van der Waals surface area contributed by atoms with Gasteiger partial charge >= 0.3 is 0 Å². The summed E-state index contributed by atoms with van der Waals surface area (Å²) in [6, 6.07) is 16.1. The highest BCUT2D eigenvalue weighted by Crippen LogP contribution is 2.25.